The maximum atomic E-state index is 12.8. The number of hydrogen-bond acceptors (Lipinski definition) is 2. The number of hydrogen-bond donors (Lipinski definition) is 2. The third kappa shape index (κ3) is 1.60. The summed E-state index contributed by atoms with van der Waals surface area (Å²) in [5, 5.41) is 17.9. The van der Waals surface area contributed by atoms with Crippen molar-refractivity contribution >= 4 is 0 Å². The number of rotatable bonds is 1. The lowest BCUT2D eigenvalue weighted by atomic mass is 10.1. The molecular weight excluding hydrogens is 166 g/mol. The van der Waals surface area contributed by atoms with Crippen LogP contribution >= 0.6 is 0 Å². The lowest BCUT2D eigenvalue weighted by Crippen LogP contribution is -2.23. The average Bonchev–Trinajstić information content (AvgIpc) is 1.82. The van der Waals surface area contributed by atoms with Gasteiger partial charge in [-0.15, -0.1) is 0 Å². The molecule has 0 atom stereocenters. The van der Waals surface area contributed by atoms with Gasteiger partial charge in [-0.05, 0) is 19.1 Å². The van der Waals surface area contributed by atoms with Crippen molar-refractivity contribution in [3.8, 4) is 0 Å². The predicted molar refractivity (Wildman–Crippen MR) is 38.1 cm³/mol. The molecular formula is C8H8F2O2. The van der Waals surface area contributed by atoms with Crippen molar-refractivity contribution in [2.75, 3.05) is 0 Å². The molecule has 0 aromatic heterocycles. The molecule has 0 aliphatic carbocycles. The molecule has 1 aromatic rings. The monoisotopic (exact) mass is 174 g/mol. The van der Waals surface area contributed by atoms with Gasteiger partial charge in [0.15, 0.2) is 5.79 Å². The van der Waals surface area contributed by atoms with Crippen molar-refractivity contribution < 1.29 is 19.0 Å². The summed E-state index contributed by atoms with van der Waals surface area (Å²) >= 11 is 0. The second-order valence-electron chi connectivity index (χ2n) is 2.62. The number of aliphatic hydroxyl groups is 2. The van der Waals surface area contributed by atoms with Gasteiger partial charge in [0, 0.05) is 0 Å². The van der Waals surface area contributed by atoms with E-state index in [0.29, 0.717) is 0 Å². The van der Waals surface area contributed by atoms with Crippen LogP contribution in [0.2, 0.25) is 0 Å². The Labute approximate surface area is 68.1 Å². The molecule has 2 nitrogen and oxygen atoms in total. The van der Waals surface area contributed by atoms with Crippen molar-refractivity contribution in [3.05, 3.63) is 35.4 Å². The highest BCUT2D eigenvalue weighted by molar-refractivity contribution is 5.23. The smallest absolute Gasteiger partial charge is 0.192 e. The number of halogens is 2. The summed E-state index contributed by atoms with van der Waals surface area (Å²) in [4.78, 5) is 0. The van der Waals surface area contributed by atoms with Crippen LogP contribution in [-0.4, -0.2) is 10.2 Å². The van der Waals surface area contributed by atoms with E-state index in [1.54, 1.807) is 0 Å². The van der Waals surface area contributed by atoms with Crippen LogP contribution in [0, 0.1) is 11.6 Å². The van der Waals surface area contributed by atoms with Crippen LogP contribution in [-0.2, 0) is 5.79 Å². The summed E-state index contributed by atoms with van der Waals surface area (Å²) in [7, 11) is 0. The first kappa shape index (κ1) is 9.09. The third-order valence-corrected chi connectivity index (χ3v) is 1.44. The van der Waals surface area contributed by atoms with Crippen LogP contribution in [0.5, 0.6) is 0 Å². The largest absolute Gasteiger partial charge is 0.362 e. The molecule has 0 amide bonds. The Morgan fingerprint density at radius 3 is 1.83 bits per heavy atom. The van der Waals surface area contributed by atoms with Gasteiger partial charge in [-0.2, -0.15) is 0 Å². The Bertz CT molecular complexity index is 271. The van der Waals surface area contributed by atoms with Gasteiger partial charge < -0.3 is 10.2 Å². The van der Waals surface area contributed by atoms with Crippen molar-refractivity contribution in [1.29, 1.82) is 0 Å². The van der Waals surface area contributed by atoms with Crippen molar-refractivity contribution in [3.63, 3.8) is 0 Å². The molecule has 12 heavy (non-hydrogen) atoms. The van der Waals surface area contributed by atoms with E-state index in [1.165, 1.54) is 0 Å². The van der Waals surface area contributed by atoms with E-state index >= 15 is 0 Å². The minimum absolute atomic E-state index is 0.731. The normalized spacial score (nSPS) is 11.8. The molecule has 0 spiro atoms. The minimum atomic E-state index is -2.48. The van der Waals surface area contributed by atoms with E-state index in [1.807, 2.05) is 0 Å². The molecule has 0 saturated carbocycles. The minimum Gasteiger partial charge on any atom is -0.362 e. The van der Waals surface area contributed by atoms with E-state index in [9.17, 15) is 8.78 Å². The van der Waals surface area contributed by atoms with Gasteiger partial charge in [0.1, 0.15) is 11.6 Å². The van der Waals surface area contributed by atoms with Gasteiger partial charge in [0.05, 0.1) is 5.56 Å². The molecule has 0 unspecified atom stereocenters. The number of benzene rings is 1. The zero-order valence-electron chi connectivity index (χ0n) is 6.38. The lowest BCUT2D eigenvalue weighted by molar-refractivity contribution is -0.156. The highest BCUT2D eigenvalue weighted by atomic mass is 19.1. The van der Waals surface area contributed by atoms with Gasteiger partial charge >= 0.3 is 0 Å². The third-order valence-electron chi connectivity index (χ3n) is 1.44. The summed E-state index contributed by atoms with van der Waals surface area (Å²) < 4.78 is 25.6. The molecule has 2 N–H and O–H groups in total. The first-order valence-electron chi connectivity index (χ1n) is 3.32. The second-order valence-corrected chi connectivity index (χ2v) is 2.62. The van der Waals surface area contributed by atoms with Crippen LogP contribution in [0.25, 0.3) is 0 Å². The Hall–Kier alpha value is -1.00. The fourth-order valence-electron chi connectivity index (χ4n) is 0.950. The summed E-state index contributed by atoms with van der Waals surface area (Å²) in [5.74, 6) is -4.42. The molecule has 1 aromatic carbocycles. The fourth-order valence-corrected chi connectivity index (χ4v) is 0.950. The van der Waals surface area contributed by atoms with Gasteiger partial charge in [0.2, 0.25) is 0 Å². The summed E-state index contributed by atoms with van der Waals surface area (Å²) in [6, 6.07) is 3.08. The van der Waals surface area contributed by atoms with Crippen LogP contribution < -0.4 is 0 Å². The van der Waals surface area contributed by atoms with E-state index in [0.717, 1.165) is 25.1 Å². The van der Waals surface area contributed by atoms with Gasteiger partial charge in [-0.1, -0.05) is 6.07 Å². The first-order chi connectivity index (χ1) is 5.43. The van der Waals surface area contributed by atoms with Gasteiger partial charge in [-0.3, -0.25) is 0 Å². The van der Waals surface area contributed by atoms with Crippen LogP contribution in [0.3, 0.4) is 0 Å². The highest BCUT2D eigenvalue weighted by Crippen LogP contribution is 2.23. The Morgan fingerprint density at radius 1 is 1.17 bits per heavy atom. The maximum absolute atomic E-state index is 12.8. The zero-order valence-corrected chi connectivity index (χ0v) is 6.38. The zero-order chi connectivity index (χ0) is 9.35. The summed E-state index contributed by atoms with van der Waals surface area (Å²) in [6.07, 6.45) is 0. The van der Waals surface area contributed by atoms with E-state index in [2.05, 4.69) is 0 Å². The predicted octanol–water partition coefficient (Wildman–Crippen LogP) is 1.12. The van der Waals surface area contributed by atoms with Crippen molar-refractivity contribution in [2.24, 2.45) is 0 Å². The molecule has 4 heteroatoms. The Kier molecular flexibility index (Phi) is 2.12. The Morgan fingerprint density at radius 2 is 1.58 bits per heavy atom. The van der Waals surface area contributed by atoms with Crippen LogP contribution in [0.1, 0.15) is 12.5 Å². The quantitative estimate of drug-likeness (QED) is 0.626. The maximum Gasteiger partial charge on any atom is 0.192 e. The molecule has 66 valence electrons. The molecule has 0 fully saturated rings. The Balaban J connectivity index is 3.31. The molecule has 0 heterocycles. The summed E-state index contributed by atoms with van der Waals surface area (Å²) in [6.45, 7) is 0.897. The van der Waals surface area contributed by atoms with Crippen LogP contribution in [0.4, 0.5) is 8.78 Å². The van der Waals surface area contributed by atoms with Crippen molar-refractivity contribution in [1.82, 2.24) is 0 Å². The van der Waals surface area contributed by atoms with E-state index < -0.39 is 23.0 Å². The molecule has 0 bridgehead atoms. The molecule has 0 aliphatic rings. The fraction of sp³-hybridized carbons (Fsp3) is 0.250. The lowest BCUT2D eigenvalue weighted by Gasteiger charge is -2.17. The van der Waals surface area contributed by atoms with Crippen LogP contribution in [0.15, 0.2) is 18.2 Å². The topological polar surface area (TPSA) is 40.5 Å². The first-order valence-corrected chi connectivity index (χ1v) is 3.32. The highest BCUT2D eigenvalue weighted by Gasteiger charge is 2.26. The molecule has 0 aliphatic heterocycles. The SMILES string of the molecule is CC(O)(O)c1c(F)cccc1F. The second kappa shape index (κ2) is 2.80. The van der Waals surface area contributed by atoms with Gasteiger partial charge in [-0.25, -0.2) is 8.78 Å². The summed E-state index contributed by atoms with van der Waals surface area (Å²) in [5.41, 5.74) is -0.731. The standard InChI is InChI=1S/C8H8F2O2/c1-8(11,12)7-5(9)3-2-4-6(7)10/h2-4,11-12H,1H3. The van der Waals surface area contributed by atoms with Gasteiger partial charge in [0.25, 0.3) is 0 Å². The molecule has 0 radical (unpaired) electrons. The average molecular weight is 174 g/mol. The molecule has 0 saturated heterocycles. The molecule has 1 rings (SSSR count). The van der Waals surface area contributed by atoms with E-state index in [-0.39, 0.29) is 0 Å². The van der Waals surface area contributed by atoms with E-state index in [4.69, 9.17) is 10.2 Å². The van der Waals surface area contributed by atoms with Crippen molar-refractivity contribution in [2.45, 2.75) is 12.7 Å².